The molecule has 1 aliphatic heterocycles. The maximum absolute atomic E-state index is 12.6. The molecule has 0 bridgehead atoms. The Kier molecular flexibility index (Phi) is 4.20. The van der Waals surface area contributed by atoms with Crippen LogP contribution in [-0.4, -0.2) is 48.4 Å². The van der Waals surface area contributed by atoms with Crippen LogP contribution in [0, 0.1) is 6.92 Å². The van der Waals surface area contributed by atoms with Crippen molar-refractivity contribution in [2.75, 3.05) is 13.1 Å². The van der Waals surface area contributed by atoms with Gasteiger partial charge in [-0.25, -0.2) is 15.0 Å². The smallest absolute Gasteiger partial charge is 0.255 e. The summed E-state index contributed by atoms with van der Waals surface area (Å²) in [7, 11) is 1.95. The van der Waals surface area contributed by atoms with Crippen molar-refractivity contribution in [2.45, 2.75) is 19.3 Å². The number of amides is 1. The SMILES string of the molecule is Cc1cc(-c2nccn2C)nc(C2CCN(C(=O)c3cccnc3)C2)n1. The van der Waals surface area contributed by atoms with Gasteiger partial charge in [0.25, 0.3) is 5.91 Å². The van der Waals surface area contributed by atoms with Crippen molar-refractivity contribution < 1.29 is 4.79 Å². The first-order chi connectivity index (χ1) is 12.6. The molecule has 0 N–H and O–H groups in total. The zero-order chi connectivity index (χ0) is 18.1. The highest BCUT2D eigenvalue weighted by Crippen LogP contribution is 2.27. The van der Waals surface area contributed by atoms with Gasteiger partial charge in [0.2, 0.25) is 0 Å². The first-order valence-corrected chi connectivity index (χ1v) is 8.64. The van der Waals surface area contributed by atoms with Crippen LogP contribution in [0.15, 0.2) is 43.0 Å². The number of imidazole rings is 1. The number of aromatic nitrogens is 5. The molecule has 4 rings (SSSR count). The highest BCUT2D eigenvalue weighted by atomic mass is 16.2. The van der Waals surface area contributed by atoms with Crippen LogP contribution in [0.1, 0.15) is 34.2 Å². The van der Waals surface area contributed by atoms with Crippen LogP contribution in [0.4, 0.5) is 0 Å². The van der Waals surface area contributed by atoms with Crippen LogP contribution in [0.5, 0.6) is 0 Å². The predicted molar refractivity (Wildman–Crippen MR) is 96.5 cm³/mol. The molecule has 7 nitrogen and oxygen atoms in total. The molecule has 7 heteroatoms. The normalized spacial score (nSPS) is 16.8. The van der Waals surface area contributed by atoms with Crippen LogP contribution in [0.25, 0.3) is 11.5 Å². The predicted octanol–water partition coefficient (Wildman–Crippen LogP) is 2.21. The molecule has 3 aromatic heterocycles. The molecule has 1 aliphatic rings. The van der Waals surface area contributed by atoms with E-state index in [-0.39, 0.29) is 11.8 Å². The average molecular weight is 348 g/mol. The van der Waals surface area contributed by atoms with E-state index >= 15 is 0 Å². The third-order valence-electron chi connectivity index (χ3n) is 4.67. The largest absolute Gasteiger partial charge is 0.338 e. The summed E-state index contributed by atoms with van der Waals surface area (Å²) >= 11 is 0. The summed E-state index contributed by atoms with van der Waals surface area (Å²) in [5.74, 6) is 1.75. The summed E-state index contributed by atoms with van der Waals surface area (Å²) in [5, 5.41) is 0. The number of likely N-dealkylation sites (tertiary alicyclic amines) is 1. The fourth-order valence-electron chi connectivity index (χ4n) is 3.33. The molecule has 3 aromatic rings. The van der Waals surface area contributed by atoms with Crippen molar-refractivity contribution in [3.63, 3.8) is 0 Å². The first-order valence-electron chi connectivity index (χ1n) is 8.64. The molecule has 132 valence electrons. The van der Waals surface area contributed by atoms with Gasteiger partial charge in [0.05, 0.1) is 5.56 Å². The van der Waals surface area contributed by atoms with Gasteiger partial charge in [0.15, 0.2) is 5.82 Å². The third-order valence-corrected chi connectivity index (χ3v) is 4.67. The molecule has 1 atom stereocenters. The zero-order valence-electron chi connectivity index (χ0n) is 14.8. The molecule has 0 radical (unpaired) electrons. The van der Waals surface area contributed by atoms with Gasteiger partial charge in [-0.2, -0.15) is 0 Å². The monoisotopic (exact) mass is 348 g/mol. The van der Waals surface area contributed by atoms with Gasteiger partial charge in [-0.05, 0) is 31.5 Å². The minimum atomic E-state index is 0.0116. The van der Waals surface area contributed by atoms with Crippen LogP contribution < -0.4 is 0 Å². The Morgan fingerprint density at radius 3 is 2.88 bits per heavy atom. The lowest BCUT2D eigenvalue weighted by atomic mass is 10.1. The summed E-state index contributed by atoms with van der Waals surface area (Å²) in [4.78, 5) is 32.3. The minimum absolute atomic E-state index is 0.0116. The van der Waals surface area contributed by atoms with Crippen LogP contribution >= 0.6 is 0 Å². The van der Waals surface area contributed by atoms with E-state index in [9.17, 15) is 4.79 Å². The van der Waals surface area contributed by atoms with Crippen LogP contribution in [0.2, 0.25) is 0 Å². The Hall–Kier alpha value is -3.09. The van der Waals surface area contributed by atoms with E-state index in [0.29, 0.717) is 18.7 Å². The van der Waals surface area contributed by atoms with Gasteiger partial charge >= 0.3 is 0 Å². The second-order valence-corrected chi connectivity index (χ2v) is 6.59. The molecule has 1 fully saturated rings. The van der Waals surface area contributed by atoms with Crippen molar-refractivity contribution in [3.8, 4) is 11.5 Å². The quantitative estimate of drug-likeness (QED) is 0.725. The summed E-state index contributed by atoms with van der Waals surface area (Å²) < 4.78 is 1.94. The first kappa shape index (κ1) is 16.4. The standard InChI is InChI=1S/C19H20N6O/c1-13-10-16(18-21-7-9-24(18)2)23-17(22-13)15-5-8-25(12-15)19(26)14-4-3-6-20-11-14/h3-4,6-7,9-11,15H,5,8,12H2,1-2H3. The molecule has 1 unspecified atom stereocenters. The molecule has 0 saturated carbocycles. The lowest BCUT2D eigenvalue weighted by Gasteiger charge is -2.16. The summed E-state index contributed by atoms with van der Waals surface area (Å²) in [6, 6.07) is 5.52. The Labute approximate surface area is 151 Å². The Bertz CT molecular complexity index is 936. The zero-order valence-corrected chi connectivity index (χ0v) is 14.8. The van der Waals surface area contributed by atoms with Gasteiger partial charge < -0.3 is 9.47 Å². The molecule has 4 heterocycles. The van der Waals surface area contributed by atoms with Gasteiger partial charge in [-0.15, -0.1) is 0 Å². The number of hydrogen-bond donors (Lipinski definition) is 0. The van der Waals surface area contributed by atoms with Gasteiger partial charge in [0, 0.05) is 56.5 Å². The lowest BCUT2D eigenvalue weighted by molar-refractivity contribution is 0.0790. The maximum atomic E-state index is 12.6. The van der Waals surface area contributed by atoms with Gasteiger partial charge in [-0.3, -0.25) is 9.78 Å². The molecule has 0 aromatic carbocycles. The van der Waals surface area contributed by atoms with Gasteiger partial charge in [0.1, 0.15) is 11.5 Å². The topological polar surface area (TPSA) is 76.8 Å². The lowest BCUT2D eigenvalue weighted by Crippen LogP contribution is -2.28. The van der Waals surface area contributed by atoms with E-state index in [1.807, 2.05) is 35.7 Å². The van der Waals surface area contributed by atoms with E-state index in [1.165, 1.54) is 0 Å². The van der Waals surface area contributed by atoms with Gasteiger partial charge in [-0.1, -0.05) is 0 Å². The van der Waals surface area contributed by atoms with E-state index in [1.54, 1.807) is 30.7 Å². The van der Waals surface area contributed by atoms with E-state index in [0.717, 1.165) is 29.5 Å². The number of pyridine rings is 1. The van der Waals surface area contributed by atoms with Crippen molar-refractivity contribution in [1.82, 2.24) is 29.4 Å². The number of carbonyl (C=O) groups is 1. The number of aryl methyl sites for hydroxylation is 2. The second-order valence-electron chi connectivity index (χ2n) is 6.59. The molecule has 0 aliphatic carbocycles. The van der Waals surface area contributed by atoms with E-state index in [2.05, 4.69) is 15.0 Å². The molecule has 1 amide bonds. The Morgan fingerprint density at radius 1 is 1.27 bits per heavy atom. The van der Waals surface area contributed by atoms with Crippen molar-refractivity contribution >= 4 is 5.91 Å². The number of nitrogens with zero attached hydrogens (tertiary/aromatic N) is 6. The molecule has 0 spiro atoms. The summed E-state index contributed by atoms with van der Waals surface area (Å²) in [5.41, 5.74) is 2.34. The Balaban J connectivity index is 1.57. The minimum Gasteiger partial charge on any atom is -0.338 e. The Morgan fingerprint density at radius 2 is 2.15 bits per heavy atom. The maximum Gasteiger partial charge on any atom is 0.255 e. The fraction of sp³-hybridized carbons (Fsp3) is 0.316. The third kappa shape index (κ3) is 3.08. The van der Waals surface area contributed by atoms with Crippen molar-refractivity contribution in [3.05, 3.63) is 60.1 Å². The number of carbonyl (C=O) groups excluding carboxylic acids is 1. The molecular formula is C19H20N6O. The van der Waals surface area contributed by atoms with Crippen LogP contribution in [0.3, 0.4) is 0 Å². The fourth-order valence-corrected chi connectivity index (χ4v) is 3.33. The van der Waals surface area contributed by atoms with Crippen LogP contribution in [-0.2, 0) is 7.05 Å². The van der Waals surface area contributed by atoms with E-state index < -0.39 is 0 Å². The number of rotatable bonds is 3. The number of hydrogen-bond acceptors (Lipinski definition) is 5. The molecule has 26 heavy (non-hydrogen) atoms. The highest BCUT2D eigenvalue weighted by molar-refractivity contribution is 5.94. The highest BCUT2D eigenvalue weighted by Gasteiger charge is 2.30. The summed E-state index contributed by atoms with van der Waals surface area (Å²) in [6.07, 6.45) is 7.80. The molecular weight excluding hydrogens is 328 g/mol. The van der Waals surface area contributed by atoms with E-state index in [4.69, 9.17) is 4.98 Å². The summed E-state index contributed by atoms with van der Waals surface area (Å²) in [6.45, 7) is 3.29. The molecule has 1 saturated heterocycles. The second kappa shape index (κ2) is 6.67. The van der Waals surface area contributed by atoms with Crippen molar-refractivity contribution in [1.29, 1.82) is 0 Å². The van der Waals surface area contributed by atoms with Crippen molar-refractivity contribution in [2.24, 2.45) is 7.05 Å². The average Bonchev–Trinajstić information content (AvgIpc) is 3.30.